The summed E-state index contributed by atoms with van der Waals surface area (Å²) in [5, 5.41) is 8.74. The Balaban J connectivity index is 3.23. The van der Waals surface area contributed by atoms with E-state index in [4.69, 9.17) is 5.11 Å². The van der Waals surface area contributed by atoms with Crippen LogP contribution in [0.2, 0.25) is 0 Å². The lowest BCUT2D eigenvalue weighted by Crippen LogP contribution is -2.01. The van der Waals surface area contributed by atoms with Gasteiger partial charge in [0.05, 0.1) is 5.56 Å². The van der Waals surface area contributed by atoms with E-state index in [1.807, 2.05) is 6.26 Å². The van der Waals surface area contributed by atoms with Crippen LogP contribution in [0.15, 0.2) is 17.3 Å². The Hall–Kier alpha value is -1.03. The van der Waals surface area contributed by atoms with Gasteiger partial charge in [0, 0.05) is 17.3 Å². The number of hydrogen-bond acceptors (Lipinski definition) is 3. The molecule has 0 atom stereocenters. The maximum absolute atomic E-state index is 10.6. The summed E-state index contributed by atoms with van der Waals surface area (Å²) in [5.74, 6) is -0.920. The molecule has 0 spiro atoms. The smallest absolute Gasteiger partial charge is 0.337 e. The van der Waals surface area contributed by atoms with E-state index in [9.17, 15) is 4.79 Å². The van der Waals surface area contributed by atoms with E-state index in [1.165, 1.54) is 18.0 Å². The van der Waals surface area contributed by atoms with Gasteiger partial charge in [0.2, 0.25) is 0 Å². The SMILES string of the molecule is CSc1cncc(C(=O)O)c1C. The van der Waals surface area contributed by atoms with Crippen molar-refractivity contribution >= 4 is 17.7 Å². The van der Waals surface area contributed by atoms with Gasteiger partial charge in [-0.05, 0) is 18.7 Å². The Bertz CT molecular complexity index is 312. The molecule has 0 aliphatic rings. The maximum Gasteiger partial charge on any atom is 0.337 e. The Morgan fingerprint density at radius 2 is 2.25 bits per heavy atom. The van der Waals surface area contributed by atoms with Gasteiger partial charge >= 0.3 is 5.97 Å². The number of nitrogens with zero attached hydrogens (tertiary/aromatic N) is 1. The van der Waals surface area contributed by atoms with Crippen LogP contribution in [0, 0.1) is 6.92 Å². The minimum Gasteiger partial charge on any atom is -0.478 e. The van der Waals surface area contributed by atoms with Crippen molar-refractivity contribution in [3.63, 3.8) is 0 Å². The third kappa shape index (κ3) is 1.58. The van der Waals surface area contributed by atoms with Gasteiger partial charge in [-0.3, -0.25) is 4.98 Å². The van der Waals surface area contributed by atoms with Crippen LogP contribution in [-0.2, 0) is 0 Å². The van der Waals surface area contributed by atoms with Crippen molar-refractivity contribution < 1.29 is 9.90 Å². The average molecular weight is 183 g/mol. The van der Waals surface area contributed by atoms with Crippen LogP contribution in [0.1, 0.15) is 15.9 Å². The van der Waals surface area contributed by atoms with Crippen LogP contribution >= 0.6 is 11.8 Å². The minimum absolute atomic E-state index is 0.279. The molecule has 4 heteroatoms. The molecule has 0 aliphatic carbocycles. The van der Waals surface area contributed by atoms with Crippen LogP contribution in [0.4, 0.5) is 0 Å². The van der Waals surface area contributed by atoms with Crippen molar-refractivity contribution in [1.82, 2.24) is 4.98 Å². The molecule has 0 saturated carbocycles. The van der Waals surface area contributed by atoms with E-state index in [1.54, 1.807) is 13.1 Å². The summed E-state index contributed by atoms with van der Waals surface area (Å²) in [4.78, 5) is 15.4. The molecule has 0 aromatic carbocycles. The number of pyridine rings is 1. The lowest BCUT2D eigenvalue weighted by atomic mass is 10.2. The molecule has 0 radical (unpaired) electrons. The topological polar surface area (TPSA) is 50.2 Å². The number of hydrogen-bond donors (Lipinski definition) is 1. The molecule has 3 nitrogen and oxygen atoms in total. The molecule has 1 N–H and O–H groups in total. The Kier molecular flexibility index (Phi) is 2.70. The highest BCUT2D eigenvalue weighted by atomic mass is 32.2. The van der Waals surface area contributed by atoms with Gasteiger partial charge in [0.25, 0.3) is 0 Å². The van der Waals surface area contributed by atoms with Gasteiger partial charge in [0.1, 0.15) is 0 Å². The van der Waals surface area contributed by atoms with Gasteiger partial charge in [-0.1, -0.05) is 0 Å². The molecule has 1 heterocycles. The van der Waals surface area contributed by atoms with Crippen molar-refractivity contribution in [3.8, 4) is 0 Å². The molecular formula is C8H9NO2S. The molecule has 0 aliphatic heterocycles. The molecule has 0 amide bonds. The number of carbonyl (C=O) groups is 1. The number of carboxylic acids is 1. The number of thioether (sulfide) groups is 1. The van der Waals surface area contributed by atoms with Crippen LogP contribution in [0.3, 0.4) is 0 Å². The van der Waals surface area contributed by atoms with Crippen LogP contribution < -0.4 is 0 Å². The van der Waals surface area contributed by atoms with Crippen molar-refractivity contribution in [2.45, 2.75) is 11.8 Å². The Morgan fingerprint density at radius 1 is 1.58 bits per heavy atom. The first kappa shape index (κ1) is 9.06. The van der Waals surface area contributed by atoms with Crippen molar-refractivity contribution in [2.24, 2.45) is 0 Å². The van der Waals surface area contributed by atoms with Gasteiger partial charge in [-0.2, -0.15) is 0 Å². The number of carboxylic acid groups (broad SMARTS) is 1. The summed E-state index contributed by atoms with van der Waals surface area (Å²) in [6.07, 6.45) is 4.94. The predicted octanol–water partition coefficient (Wildman–Crippen LogP) is 1.81. The molecule has 1 aromatic heterocycles. The Morgan fingerprint density at radius 3 is 2.75 bits per heavy atom. The zero-order valence-corrected chi connectivity index (χ0v) is 7.68. The maximum atomic E-state index is 10.6. The summed E-state index contributed by atoms with van der Waals surface area (Å²) in [6.45, 7) is 1.79. The number of rotatable bonds is 2. The molecule has 12 heavy (non-hydrogen) atoms. The first-order chi connectivity index (χ1) is 5.66. The van der Waals surface area contributed by atoms with E-state index in [2.05, 4.69) is 4.98 Å². The first-order valence-electron chi connectivity index (χ1n) is 3.38. The quantitative estimate of drug-likeness (QED) is 0.710. The highest BCUT2D eigenvalue weighted by Crippen LogP contribution is 2.20. The summed E-state index contributed by atoms with van der Waals surface area (Å²) in [6, 6.07) is 0. The van der Waals surface area contributed by atoms with Gasteiger partial charge in [-0.25, -0.2) is 4.79 Å². The predicted molar refractivity (Wildman–Crippen MR) is 47.7 cm³/mol. The molecule has 0 bridgehead atoms. The highest BCUT2D eigenvalue weighted by Gasteiger charge is 2.09. The summed E-state index contributed by atoms with van der Waals surface area (Å²) in [7, 11) is 0. The molecule has 1 rings (SSSR count). The fourth-order valence-electron chi connectivity index (χ4n) is 0.927. The van der Waals surface area contributed by atoms with Crippen LogP contribution in [-0.4, -0.2) is 22.3 Å². The van der Waals surface area contributed by atoms with Crippen molar-refractivity contribution in [2.75, 3.05) is 6.26 Å². The molecule has 0 saturated heterocycles. The van der Waals surface area contributed by atoms with Gasteiger partial charge in [-0.15, -0.1) is 11.8 Å². The third-order valence-corrected chi connectivity index (χ3v) is 2.47. The summed E-state index contributed by atoms with van der Waals surface area (Å²) >= 11 is 1.50. The van der Waals surface area contributed by atoms with E-state index < -0.39 is 5.97 Å². The van der Waals surface area contributed by atoms with E-state index in [0.717, 1.165) is 10.5 Å². The Labute approximate surface area is 74.8 Å². The highest BCUT2D eigenvalue weighted by molar-refractivity contribution is 7.98. The second-order valence-corrected chi connectivity index (χ2v) is 3.17. The van der Waals surface area contributed by atoms with Gasteiger partial charge in [0.15, 0.2) is 0 Å². The lowest BCUT2D eigenvalue weighted by Gasteiger charge is -2.03. The summed E-state index contributed by atoms with van der Waals surface area (Å²) in [5.41, 5.74) is 1.06. The second kappa shape index (κ2) is 3.58. The standard InChI is InChI=1S/C8H9NO2S/c1-5-6(8(10)11)3-9-4-7(5)12-2/h3-4H,1-2H3,(H,10,11). The van der Waals surface area contributed by atoms with Crippen molar-refractivity contribution in [3.05, 3.63) is 23.5 Å². The molecule has 64 valence electrons. The fourth-order valence-corrected chi connectivity index (χ4v) is 1.51. The van der Waals surface area contributed by atoms with Crippen LogP contribution in [0.25, 0.3) is 0 Å². The largest absolute Gasteiger partial charge is 0.478 e. The average Bonchev–Trinajstić information content (AvgIpc) is 2.04. The number of aromatic nitrogens is 1. The summed E-state index contributed by atoms with van der Waals surface area (Å²) < 4.78 is 0. The normalized spacial score (nSPS) is 9.83. The monoisotopic (exact) mass is 183 g/mol. The minimum atomic E-state index is -0.920. The number of aromatic carboxylic acids is 1. The fraction of sp³-hybridized carbons (Fsp3) is 0.250. The van der Waals surface area contributed by atoms with E-state index in [0.29, 0.717) is 0 Å². The second-order valence-electron chi connectivity index (χ2n) is 2.32. The molecule has 0 fully saturated rings. The first-order valence-corrected chi connectivity index (χ1v) is 4.61. The molecular weight excluding hydrogens is 174 g/mol. The zero-order valence-electron chi connectivity index (χ0n) is 6.87. The third-order valence-electron chi connectivity index (χ3n) is 1.62. The molecule has 0 unspecified atom stereocenters. The van der Waals surface area contributed by atoms with E-state index in [-0.39, 0.29) is 5.56 Å². The zero-order chi connectivity index (χ0) is 9.14. The van der Waals surface area contributed by atoms with E-state index >= 15 is 0 Å². The van der Waals surface area contributed by atoms with Gasteiger partial charge < -0.3 is 5.11 Å². The lowest BCUT2D eigenvalue weighted by molar-refractivity contribution is 0.0695. The van der Waals surface area contributed by atoms with Crippen molar-refractivity contribution in [1.29, 1.82) is 0 Å². The van der Waals surface area contributed by atoms with Crippen LogP contribution in [0.5, 0.6) is 0 Å². The molecule has 1 aromatic rings.